The molecule has 0 bridgehead atoms. The molecule has 0 aromatic heterocycles. The smallest absolute Gasteiger partial charge is 0.224 e. The van der Waals surface area contributed by atoms with Crippen LogP contribution in [-0.4, -0.2) is 13.2 Å². The van der Waals surface area contributed by atoms with Gasteiger partial charge in [0.15, 0.2) is 7.28 Å². The van der Waals surface area contributed by atoms with E-state index < -0.39 is 0 Å². The molecule has 0 unspecified atom stereocenters. The number of anilines is 1. The van der Waals surface area contributed by atoms with Crippen molar-refractivity contribution in [1.29, 1.82) is 0 Å². The zero-order valence-electron chi connectivity index (χ0n) is 8.13. The lowest BCUT2D eigenvalue weighted by Gasteiger charge is -2.03. The molecular formula is C10H14BNO. The second-order valence-corrected chi connectivity index (χ2v) is 2.95. The first-order valence-electron chi connectivity index (χ1n) is 4.65. The van der Waals surface area contributed by atoms with Gasteiger partial charge in [0, 0.05) is 12.1 Å². The summed E-state index contributed by atoms with van der Waals surface area (Å²) in [6.45, 7) is 3.95. The maximum atomic E-state index is 11.0. The van der Waals surface area contributed by atoms with Gasteiger partial charge in [0.25, 0.3) is 0 Å². The van der Waals surface area contributed by atoms with E-state index in [0.29, 0.717) is 6.42 Å². The van der Waals surface area contributed by atoms with Gasteiger partial charge in [-0.15, -0.1) is 0 Å². The number of carbonyl (C=O) groups excluding carboxylic acids is 1. The molecule has 0 heterocycles. The predicted octanol–water partition coefficient (Wildman–Crippen LogP) is 1.14. The highest BCUT2D eigenvalue weighted by Crippen LogP contribution is 2.03. The quantitative estimate of drug-likeness (QED) is 0.685. The molecule has 68 valence electrons. The van der Waals surface area contributed by atoms with E-state index in [1.54, 1.807) is 0 Å². The molecule has 0 atom stereocenters. The summed E-state index contributed by atoms with van der Waals surface area (Å²) >= 11 is 0. The minimum Gasteiger partial charge on any atom is -0.326 e. The second kappa shape index (κ2) is 4.70. The van der Waals surface area contributed by atoms with E-state index in [4.69, 9.17) is 0 Å². The van der Waals surface area contributed by atoms with E-state index in [0.717, 1.165) is 13.0 Å². The molecule has 0 aliphatic heterocycles. The normalized spacial score (nSPS) is 9.38. The van der Waals surface area contributed by atoms with Crippen LogP contribution >= 0.6 is 0 Å². The molecule has 1 N–H and O–H groups in total. The highest BCUT2D eigenvalue weighted by atomic mass is 16.1. The summed E-state index contributed by atoms with van der Waals surface area (Å²) in [4.78, 5) is 11.0. The minimum atomic E-state index is 0.0595. The predicted molar refractivity (Wildman–Crippen MR) is 58.0 cm³/mol. The largest absolute Gasteiger partial charge is 0.326 e. The van der Waals surface area contributed by atoms with Gasteiger partial charge < -0.3 is 5.32 Å². The molecule has 2 nitrogen and oxygen atoms in total. The van der Waals surface area contributed by atoms with Crippen LogP contribution in [0.4, 0.5) is 5.69 Å². The van der Waals surface area contributed by atoms with Crippen LogP contribution in [0, 0.1) is 0 Å². The Hall–Kier alpha value is -1.25. The summed E-state index contributed by atoms with van der Waals surface area (Å²) in [5.41, 5.74) is 2.17. The van der Waals surface area contributed by atoms with Crippen LogP contribution in [0.15, 0.2) is 24.3 Å². The van der Waals surface area contributed by atoms with Gasteiger partial charge in [-0.25, -0.2) is 0 Å². The molecular weight excluding hydrogens is 161 g/mol. The molecule has 0 radical (unpaired) electrons. The van der Waals surface area contributed by atoms with Crippen LogP contribution in [0.3, 0.4) is 0 Å². The summed E-state index contributed by atoms with van der Waals surface area (Å²) in [7, 11) is 1.03. The van der Waals surface area contributed by atoms with Crippen molar-refractivity contribution in [3.05, 3.63) is 24.3 Å². The van der Waals surface area contributed by atoms with Crippen molar-refractivity contribution in [2.24, 2.45) is 0 Å². The standard InChI is InChI=1S/C10H14BNO/c1-3-10(13)12-9-6-4-8(11-2)5-7-9/h4-7,11H,3H2,1-2H3,(H,12,13). The molecule has 1 rings (SSSR count). The maximum absolute atomic E-state index is 11.0. The van der Waals surface area contributed by atoms with Gasteiger partial charge in [-0.05, 0) is 12.1 Å². The van der Waals surface area contributed by atoms with E-state index in [1.807, 2.05) is 31.2 Å². The Bertz CT molecular complexity index is 281. The molecule has 0 aliphatic rings. The van der Waals surface area contributed by atoms with Crippen molar-refractivity contribution in [3.8, 4) is 0 Å². The summed E-state index contributed by atoms with van der Waals surface area (Å²) < 4.78 is 0. The first-order valence-corrected chi connectivity index (χ1v) is 4.65. The van der Waals surface area contributed by atoms with E-state index in [2.05, 4.69) is 12.1 Å². The van der Waals surface area contributed by atoms with Crippen molar-refractivity contribution in [2.75, 3.05) is 5.32 Å². The number of carbonyl (C=O) groups is 1. The number of rotatable bonds is 3. The van der Waals surface area contributed by atoms with Gasteiger partial charge in [0.1, 0.15) is 0 Å². The third-order valence-corrected chi connectivity index (χ3v) is 1.97. The molecule has 1 amide bonds. The average Bonchev–Trinajstić information content (AvgIpc) is 2.19. The Balaban J connectivity index is 2.64. The van der Waals surface area contributed by atoms with E-state index in [1.165, 1.54) is 5.46 Å². The fourth-order valence-corrected chi connectivity index (χ4v) is 1.07. The highest BCUT2D eigenvalue weighted by molar-refractivity contribution is 6.51. The topological polar surface area (TPSA) is 29.1 Å². The van der Waals surface area contributed by atoms with Gasteiger partial charge in [0.05, 0.1) is 0 Å². The van der Waals surface area contributed by atoms with Crippen molar-refractivity contribution < 1.29 is 4.79 Å². The monoisotopic (exact) mass is 175 g/mol. The fourth-order valence-electron chi connectivity index (χ4n) is 1.07. The number of hydrogen-bond acceptors (Lipinski definition) is 1. The van der Waals surface area contributed by atoms with Gasteiger partial charge in [-0.3, -0.25) is 4.79 Å². The van der Waals surface area contributed by atoms with Crippen LogP contribution in [-0.2, 0) is 4.79 Å². The number of benzene rings is 1. The maximum Gasteiger partial charge on any atom is 0.224 e. The Morgan fingerprint density at radius 2 is 2.00 bits per heavy atom. The molecule has 0 aliphatic carbocycles. The first kappa shape index (κ1) is 9.84. The number of hydrogen-bond donors (Lipinski definition) is 1. The average molecular weight is 175 g/mol. The molecule has 0 spiro atoms. The summed E-state index contributed by atoms with van der Waals surface area (Å²) in [5.74, 6) is 0.0595. The van der Waals surface area contributed by atoms with Crippen LogP contribution in [0.1, 0.15) is 13.3 Å². The lowest BCUT2D eigenvalue weighted by Crippen LogP contribution is -2.12. The molecule has 0 saturated carbocycles. The van der Waals surface area contributed by atoms with Crippen molar-refractivity contribution >= 4 is 24.3 Å². The summed E-state index contributed by atoms with van der Waals surface area (Å²) in [6, 6.07) is 7.94. The van der Waals surface area contributed by atoms with Crippen molar-refractivity contribution in [1.82, 2.24) is 0 Å². The lowest BCUT2D eigenvalue weighted by molar-refractivity contribution is -0.115. The fraction of sp³-hybridized carbons (Fsp3) is 0.300. The van der Waals surface area contributed by atoms with Crippen LogP contribution in [0.25, 0.3) is 0 Å². The van der Waals surface area contributed by atoms with Crippen LogP contribution in [0.5, 0.6) is 0 Å². The van der Waals surface area contributed by atoms with Crippen molar-refractivity contribution in [3.63, 3.8) is 0 Å². The zero-order chi connectivity index (χ0) is 9.68. The Morgan fingerprint density at radius 1 is 1.38 bits per heavy atom. The molecule has 13 heavy (non-hydrogen) atoms. The first-order chi connectivity index (χ1) is 6.26. The van der Waals surface area contributed by atoms with Crippen molar-refractivity contribution in [2.45, 2.75) is 20.2 Å². The molecule has 3 heteroatoms. The summed E-state index contributed by atoms with van der Waals surface area (Å²) in [5, 5.41) is 2.80. The van der Waals surface area contributed by atoms with E-state index >= 15 is 0 Å². The second-order valence-electron chi connectivity index (χ2n) is 2.95. The third-order valence-electron chi connectivity index (χ3n) is 1.97. The van der Waals surface area contributed by atoms with Gasteiger partial charge in [-0.1, -0.05) is 31.3 Å². The Kier molecular flexibility index (Phi) is 3.56. The molecule has 0 saturated heterocycles. The van der Waals surface area contributed by atoms with E-state index in [9.17, 15) is 4.79 Å². The van der Waals surface area contributed by atoms with Gasteiger partial charge in [0.2, 0.25) is 5.91 Å². The SMILES string of the molecule is CBc1ccc(NC(=O)CC)cc1. The Morgan fingerprint density at radius 3 is 2.46 bits per heavy atom. The molecule has 0 fully saturated rings. The number of amides is 1. The van der Waals surface area contributed by atoms with Gasteiger partial charge in [-0.2, -0.15) is 0 Å². The Labute approximate surface area is 79.6 Å². The minimum absolute atomic E-state index is 0.0595. The lowest BCUT2D eigenvalue weighted by atomic mass is 9.73. The third kappa shape index (κ3) is 2.94. The molecule has 1 aromatic rings. The number of nitrogens with one attached hydrogen (secondary N) is 1. The zero-order valence-corrected chi connectivity index (χ0v) is 8.13. The summed E-state index contributed by atoms with van der Waals surface area (Å²) in [6.07, 6.45) is 0.523. The van der Waals surface area contributed by atoms with Crippen LogP contribution < -0.4 is 10.8 Å². The van der Waals surface area contributed by atoms with Crippen LogP contribution in [0.2, 0.25) is 6.82 Å². The highest BCUT2D eigenvalue weighted by Gasteiger charge is 1.97. The molecule has 1 aromatic carbocycles. The van der Waals surface area contributed by atoms with E-state index in [-0.39, 0.29) is 5.91 Å². The van der Waals surface area contributed by atoms with Gasteiger partial charge >= 0.3 is 0 Å².